The summed E-state index contributed by atoms with van der Waals surface area (Å²) in [6, 6.07) is -0.461. The number of ether oxygens (including phenoxy) is 1. The molecule has 2 aliphatic rings. The zero-order chi connectivity index (χ0) is 16.5. The van der Waals surface area contributed by atoms with Crippen LogP contribution in [0.5, 0.6) is 0 Å². The Kier molecular flexibility index (Phi) is 4.73. The number of esters is 1. The molecule has 0 aromatic carbocycles. The largest absolute Gasteiger partial charge is 0.465 e. The molecule has 2 rings (SSSR count). The highest BCUT2D eigenvalue weighted by Crippen LogP contribution is 2.41. The highest BCUT2D eigenvalue weighted by molar-refractivity contribution is 6.14. The predicted molar refractivity (Wildman–Crippen MR) is 85.8 cm³/mol. The predicted octanol–water partition coefficient (Wildman–Crippen LogP) is 2.21. The van der Waals surface area contributed by atoms with E-state index < -0.39 is 11.5 Å². The molecule has 5 nitrogen and oxygen atoms in total. The molecule has 1 heterocycles. The molecular formula is C17H26N2O3. The third-order valence-electron chi connectivity index (χ3n) is 4.58. The number of hydrogen-bond donors (Lipinski definition) is 0. The summed E-state index contributed by atoms with van der Waals surface area (Å²) in [5.74, 6) is -0.136. The summed E-state index contributed by atoms with van der Waals surface area (Å²) >= 11 is 0. The Morgan fingerprint density at radius 3 is 2.55 bits per heavy atom. The quantitative estimate of drug-likeness (QED) is 0.751. The molecule has 1 amide bonds. The number of amides is 1. The van der Waals surface area contributed by atoms with E-state index in [1.807, 2.05) is 26.8 Å². The summed E-state index contributed by atoms with van der Waals surface area (Å²) in [6.45, 7) is 6.45. The monoisotopic (exact) mass is 306 g/mol. The Bertz CT molecular complexity index is 534. The van der Waals surface area contributed by atoms with Gasteiger partial charge < -0.3 is 9.64 Å². The maximum Gasteiger partial charge on any atom is 0.318 e. The molecule has 5 heteroatoms. The molecule has 0 N–H and O–H groups in total. The summed E-state index contributed by atoms with van der Waals surface area (Å²) in [5, 5.41) is 0. The van der Waals surface area contributed by atoms with Gasteiger partial charge in [-0.3, -0.25) is 14.6 Å². The lowest BCUT2D eigenvalue weighted by molar-refractivity contribution is -0.143. The fraction of sp³-hybridized carbons (Fsp3) is 0.706. The molecule has 0 saturated carbocycles. The van der Waals surface area contributed by atoms with E-state index in [1.165, 1.54) is 5.57 Å². The highest BCUT2D eigenvalue weighted by Gasteiger charge is 2.49. The van der Waals surface area contributed by atoms with Crippen molar-refractivity contribution in [3.05, 3.63) is 11.6 Å². The van der Waals surface area contributed by atoms with E-state index in [9.17, 15) is 9.59 Å². The zero-order valence-corrected chi connectivity index (χ0v) is 14.2. The summed E-state index contributed by atoms with van der Waals surface area (Å²) in [4.78, 5) is 31.0. The van der Waals surface area contributed by atoms with Gasteiger partial charge in [-0.25, -0.2) is 0 Å². The Labute approximate surface area is 132 Å². The topological polar surface area (TPSA) is 59.0 Å². The number of rotatable bonds is 3. The molecule has 2 unspecified atom stereocenters. The molecule has 2 atom stereocenters. The Morgan fingerprint density at radius 1 is 1.36 bits per heavy atom. The molecule has 0 bridgehead atoms. The van der Waals surface area contributed by atoms with Gasteiger partial charge in [-0.2, -0.15) is 0 Å². The number of carbonyl (C=O) groups excluding carboxylic acids is 2. The highest BCUT2D eigenvalue weighted by atomic mass is 16.5. The number of nitrogens with zero attached hydrogens (tertiary/aromatic N) is 2. The van der Waals surface area contributed by atoms with Crippen molar-refractivity contribution in [3.8, 4) is 0 Å². The lowest BCUT2D eigenvalue weighted by Gasteiger charge is -2.31. The first-order valence-electron chi connectivity index (χ1n) is 7.92. The van der Waals surface area contributed by atoms with E-state index in [0.29, 0.717) is 13.0 Å². The van der Waals surface area contributed by atoms with Crippen LogP contribution in [0, 0.1) is 11.3 Å². The third kappa shape index (κ3) is 2.94. The smallest absolute Gasteiger partial charge is 0.318 e. The number of likely N-dealkylation sites (N-methyl/N-ethyl adjacent to an activating group) is 1. The van der Waals surface area contributed by atoms with Gasteiger partial charge in [0.2, 0.25) is 5.91 Å². The fourth-order valence-electron chi connectivity index (χ4n) is 3.06. The Balaban J connectivity index is 2.45. The van der Waals surface area contributed by atoms with Gasteiger partial charge in [0.1, 0.15) is 11.5 Å². The van der Waals surface area contributed by atoms with Gasteiger partial charge in [-0.05, 0) is 31.8 Å². The van der Waals surface area contributed by atoms with E-state index in [-0.39, 0.29) is 17.8 Å². The first kappa shape index (κ1) is 16.7. The van der Waals surface area contributed by atoms with Crippen LogP contribution in [0.3, 0.4) is 0 Å². The van der Waals surface area contributed by atoms with Crippen LogP contribution in [0.25, 0.3) is 0 Å². The van der Waals surface area contributed by atoms with Gasteiger partial charge in [-0.15, -0.1) is 0 Å². The van der Waals surface area contributed by atoms with E-state index in [2.05, 4.69) is 0 Å². The molecule has 0 aromatic heterocycles. The lowest BCUT2D eigenvalue weighted by Crippen LogP contribution is -2.41. The summed E-state index contributed by atoms with van der Waals surface area (Å²) in [7, 11) is 3.47. The summed E-state index contributed by atoms with van der Waals surface area (Å²) in [6.07, 6.45) is 4.25. The number of hydrogen-bond acceptors (Lipinski definition) is 4. The van der Waals surface area contributed by atoms with Crippen molar-refractivity contribution in [2.75, 3.05) is 20.7 Å². The molecule has 0 radical (unpaired) electrons. The summed E-state index contributed by atoms with van der Waals surface area (Å²) in [5.41, 5.74) is 1.29. The molecule has 1 fully saturated rings. The average molecular weight is 306 g/mol. The first-order chi connectivity index (χ1) is 10.3. The molecule has 0 aromatic rings. The van der Waals surface area contributed by atoms with Gasteiger partial charge in [0.15, 0.2) is 0 Å². The Morgan fingerprint density at radius 2 is 2.05 bits per heavy atom. The van der Waals surface area contributed by atoms with Crippen molar-refractivity contribution in [3.63, 3.8) is 0 Å². The van der Waals surface area contributed by atoms with Crippen LogP contribution in [0.15, 0.2) is 16.6 Å². The van der Waals surface area contributed by atoms with Crippen LogP contribution in [0.2, 0.25) is 0 Å². The van der Waals surface area contributed by atoms with Crippen molar-refractivity contribution < 1.29 is 14.3 Å². The van der Waals surface area contributed by atoms with Crippen LogP contribution < -0.4 is 0 Å². The standard InChI is InChI=1S/C17H26N2O3/c1-11(2)14(15(20)19(4)5)18-13-10-12(3)6-7-17(13)8-9-22-16(17)21/h10-11,14H,6-9H2,1-5H3. The van der Waals surface area contributed by atoms with Gasteiger partial charge >= 0.3 is 5.97 Å². The van der Waals surface area contributed by atoms with Crippen molar-refractivity contribution >= 4 is 17.6 Å². The first-order valence-corrected chi connectivity index (χ1v) is 7.92. The third-order valence-corrected chi connectivity index (χ3v) is 4.58. The normalized spacial score (nSPS) is 28.0. The van der Waals surface area contributed by atoms with Crippen molar-refractivity contribution in [1.29, 1.82) is 0 Å². The minimum atomic E-state index is -0.640. The number of carbonyl (C=O) groups is 2. The van der Waals surface area contributed by atoms with E-state index in [0.717, 1.165) is 18.6 Å². The van der Waals surface area contributed by atoms with Gasteiger partial charge in [0.25, 0.3) is 0 Å². The van der Waals surface area contributed by atoms with Crippen molar-refractivity contribution in [1.82, 2.24) is 4.90 Å². The molecule has 1 saturated heterocycles. The second-order valence-corrected chi connectivity index (χ2v) is 6.89. The SMILES string of the molecule is CC1=CC(=NC(C(=O)N(C)C)C(C)C)C2(CCOC2=O)CC1. The lowest BCUT2D eigenvalue weighted by atomic mass is 9.72. The molecule has 22 heavy (non-hydrogen) atoms. The minimum absolute atomic E-state index is 0.0272. The van der Waals surface area contributed by atoms with Crippen LogP contribution in [-0.2, 0) is 14.3 Å². The van der Waals surface area contributed by atoms with Crippen LogP contribution in [0.4, 0.5) is 0 Å². The van der Waals surface area contributed by atoms with Gasteiger partial charge in [0.05, 0.1) is 12.3 Å². The zero-order valence-electron chi connectivity index (χ0n) is 14.2. The van der Waals surface area contributed by atoms with Gasteiger partial charge in [-0.1, -0.05) is 19.4 Å². The van der Waals surface area contributed by atoms with E-state index in [4.69, 9.17) is 9.73 Å². The second kappa shape index (κ2) is 6.23. The Hall–Kier alpha value is -1.65. The van der Waals surface area contributed by atoms with Gasteiger partial charge in [0, 0.05) is 20.5 Å². The molecule has 122 valence electrons. The van der Waals surface area contributed by atoms with E-state index in [1.54, 1.807) is 19.0 Å². The summed E-state index contributed by atoms with van der Waals surface area (Å²) < 4.78 is 5.22. The van der Waals surface area contributed by atoms with Crippen molar-refractivity contribution in [2.24, 2.45) is 16.3 Å². The van der Waals surface area contributed by atoms with Crippen LogP contribution in [0.1, 0.15) is 40.0 Å². The molecule has 1 aliphatic carbocycles. The number of aliphatic imine (C=N–C) groups is 1. The number of allylic oxidation sites excluding steroid dienone is 2. The average Bonchev–Trinajstić information content (AvgIpc) is 2.81. The van der Waals surface area contributed by atoms with Crippen LogP contribution in [-0.4, -0.2) is 49.2 Å². The maximum absolute atomic E-state index is 12.4. The molecule has 1 aliphatic heterocycles. The van der Waals surface area contributed by atoms with Crippen LogP contribution >= 0.6 is 0 Å². The second-order valence-electron chi connectivity index (χ2n) is 6.89. The molecule has 1 spiro atoms. The maximum atomic E-state index is 12.4. The molecular weight excluding hydrogens is 280 g/mol. The number of cyclic esters (lactones) is 1. The van der Waals surface area contributed by atoms with E-state index >= 15 is 0 Å². The van der Waals surface area contributed by atoms with Crippen molar-refractivity contribution in [2.45, 2.75) is 46.1 Å². The fourth-order valence-corrected chi connectivity index (χ4v) is 3.06. The minimum Gasteiger partial charge on any atom is -0.465 e.